The number of hydrogen-bond acceptors (Lipinski definition) is 3. The van der Waals surface area contributed by atoms with Gasteiger partial charge < -0.3 is 0 Å². The topological polar surface area (TPSA) is 52.0 Å². The lowest BCUT2D eigenvalue weighted by molar-refractivity contribution is 0.597. The molecule has 152 valence electrons. The van der Waals surface area contributed by atoms with E-state index in [0.29, 0.717) is 9.92 Å². The second-order valence-electron chi connectivity index (χ2n) is 6.73. The first-order valence-electron chi connectivity index (χ1n) is 9.32. The van der Waals surface area contributed by atoms with Crippen LogP contribution in [0, 0.1) is 0 Å². The van der Waals surface area contributed by atoms with Crippen LogP contribution in [0.15, 0.2) is 88.4 Å². The van der Waals surface area contributed by atoms with E-state index < -0.39 is 9.84 Å². The van der Waals surface area contributed by atoms with E-state index in [2.05, 4.69) is 15.9 Å². The highest BCUT2D eigenvalue weighted by molar-refractivity contribution is 9.10. The Morgan fingerprint density at radius 3 is 2.10 bits per heavy atom. The van der Waals surface area contributed by atoms with Gasteiger partial charge in [-0.1, -0.05) is 46.6 Å². The zero-order valence-electron chi connectivity index (χ0n) is 16.1. The van der Waals surface area contributed by atoms with Crippen LogP contribution in [0.1, 0.15) is 6.92 Å². The van der Waals surface area contributed by atoms with E-state index in [1.54, 1.807) is 31.2 Å². The Kier molecular flexibility index (Phi) is 5.82. The highest BCUT2D eigenvalue weighted by atomic mass is 79.9. The van der Waals surface area contributed by atoms with Crippen LogP contribution in [0.5, 0.6) is 0 Å². The molecule has 0 amide bonds. The summed E-state index contributed by atoms with van der Waals surface area (Å²) in [7, 11) is -3.25. The van der Waals surface area contributed by atoms with Gasteiger partial charge in [-0.25, -0.2) is 13.4 Å². The van der Waals surface area contributed by atoms with E-state index in [4.69, 9.17) is 16.6 Å². The van der Waals surface area contributed by atoms with Crippen molar-refractivity contribution in [3.05, 3.63) is 88.5 Å². The van der Waals surface area contributed by atoms with Gasteiger partial charge in [0.05, 0.1) is 16.3 Å². The first-order valence-corrected chi connectivity index (χ1v) is 12.1. The summed E-state index contributed by atoms with van der Waals surface area (Å²) in [6.45, 7) is 1.64. The number of rotatable bonds is 5. The van der Waals surface area contributed by atoms with Gasteiger partial charge in [0.2, 0.25) is 0 Å². The number of aromatic nitrogens is 2. The maximum atomic E-state index is 12.2. The minimum absolute atomic E-state index is 0.0706. The molecule has 4 nitrogen and oxygen atoms in total. The summed E-state index contributed by atoms with van der Waals surface area (Å²) in [5.74, 6) is 0.817. The maximum absolute atomic E-state index is 12.2. The predicted molar refractivity (Wildman–Crippen MR) is 125 cm³/mol. The number of halogens is 2. The normalized spacial score (nSPS) is 11.6. The number of imidazole rings is 1. The van der Waals surface area contributed by atoms with Crippen molar-refractivity contribution < 1.29 is 8.42 Å². The molecular weight excluding hydrogens is 484 g/mol. The highest BCUT2D eigenvalue weighted by Crippen LogP contribution is 2.29. The Hall–Kier alpha value is -2.41. The Labute approximate surface area is 189 Å². The van der Waals surface area contributed by atoms with E-state index in [-0.39, 0.29) is 5.75 Å². The van der Waals surface area contributed by atoms with Crippen LogP contribution in [0.4, 0.5) is 0 Å². The molecule has 0 aliphatic carbocycles. The van der Waals surface area contributed by atoms with Crippen molar-refractivity contribution in [1.29, 1.82) is 0 Å². The molecule has 0 bridgehead atoms. The van der Waals surface area contributed by atoms with E-state index in [1.807, 2.05) is 59.3 Å². The molecule has 30 heavy (non-hydrogen) atoms. The molecule has 0 saturated carbocycles. The number of hydrogen-bond donors (Lipinski definition) is 0. The van der Waals surface area contributed by atoms with Crippen molar-refractivity contribution in [3.8, 4) is 28.3 Å². The third kappa shape index (κ3) is 4.21. The van der Waals surface area contributed by atoms with Gasteiger partial charge >= 0.3 is 0 Å². The summed E-state index contributed by atoms with van der Waals surface area (Å²) in [6, 6.07) is 22.3. The van der Waals surface area contributed by atoms with Crippen molar-refractivity contribution >= 4 is 37.4 Å². The summed E-state index contributed by atoms with van der Waals surface area (Å²) >= 11 is 9.52. The molecule has 0 spiro atoms. The monoisotopic (exact) mass is 500 g/mol. The fraction of sp³-hybridized carbons (Fsp3) is 0.0870. The third-order valence-corrected chi connectivity index (χ3v) is 7.33. The molecule has 0 aliphatic rings. The average Bonchev–Trinajstić information content (AvgIpc) is 3.20. The quantitative estimate of drug-likeness (QED) is 0.317. The van der Waals surface area contributed by atoms with Gasteiger partial charge in [0.1, 0.15) is 5.82 Å². The predicted octanol–water partition coefficient (Wildman–Crippen LogP) is 6.42. The molecule has 7 heteroatoms. The van der Waals surface area contributed by atoms with Gasteiger partial charge in [0.25, 0.3) is 0 Å². The number of nitrogens with zero attached hydrogens (tertiary/aromatic N) is 2. The molecule has 0 fully saturated rings. The first-order chi connectivity index (χ1) is 14.4. The van der Waals surface area contributed by atoms with E-state index in [9.17, 15) is 8.42 Å². The summed E-state index contributed by atoms with van der Waals surface area (Å²) in [6.07, 6.45) is 1.95. The van der Waals surface area contributed by atoms with Crippen LogP contribution in [-0.4, -0.2) is 23.7 Å². The van der Waals surface area contributed by atoms with Crippen molar-refractivity contribution in [2.45, 2.75) is 11.8 Å². The fourth-order valence-electron chi connectivity index (χ4n) is 3.12. The molecule has 0 radical (unpaired) electrons. The van der Waals surface area contributed by atoms with Crippen LogP contribution >= 0.6 is 27.5 Å². The van der Waals surface area contributed by atoms with Crippen LogP contribution in [0.25, 0.3) is 28.3 Å². The standard InChI is InChI=1S/C23H18BrClN2O2S/c1-2-30(28,29)21-13-11-20(12-14-21)27-15-22(16-3-7-18(24)8-4-16)26-23(27)17-5-9-19(25)10-6-17/h3-15H,2H2,1H3. The van der Waals surface area contributed by atoms with Crippen LogP contribution < -0.4 is 0 Å². The van der Waals surface area contributed by atoms with Gasteiger partial charge in [-0.15, -0.1) is 0 Å². The molecule has 4 rings (SSSR count). The van der Waals surface area contributed by atoms with Gasteiger partial charge in [-0.3, -0.25) is 4.57 Å². The lowest BCUT2D eigenvalue weighted by Gasteiger charge is -2.09. The Morgan fingerprint density at radius 1 is 0.900 bits per heavy atom. The van der Waals surface area contributed by atoms with Gasteiger partial charge in [0.15, 0.2) is 9.84 Å². The van der Waals surface area contributed by atoms with E-state index in [0.717, 1.165) is 32.8 Å². The summed E-state index contributed by atoms with van der Waals surface area (Å²) in [5, 5.41) is 0.652. The largest absolute Gasteiger partial charge is 0.299 e. The lowest BCUT2D eigenvalue weighted by Crippen LogP contribution is -2.04. The van der Waals surface area contributed by atoms with E-state index in [1.165, 1.54) is 0 Å². The second kappa shape index (κ2) is 8.38. The molecule has 0 N–H and O–H groups in total. The fourth-order valence-corrected chi connectivity index (χ4v) is 4.39. The number of sulfone groups is 1. The maximum Gasteiger partial charge on any atom is 0.178 e. The Bertz CT molecular complexity index is 1280. The zero-order valence-corrected chi connectivity index (χ0v) is 19.2. The van der Waals surface area contributed by atoms with Crippen LogP contribution in [0.2, 0.25) is 5.02 Å². The molecule has 0 unspecified atom stereocenters. The SMILES string of the molecule is CCS(=O)(=O)c1ccc(-n2cc(-c3ccc(Br)cc3)nc2-c2ccc(Cl)cc2)cc1. The second-order valence-corrected chi connectivity index (χ2v) is 10.4. The summed E-state index contributed by atoms with van der Waals surface area (Å²) in [4.78, 5) is 5.17. The lowest BCUT2D eigenvalue weighted by atomic mass is 10.2. The highest BCUT2D eigenvalue weighted by Gasteiger charge is 2.15. The molecule has 1 aromatic heterocycles. The van der Waals surface area contributed by atoms with Crippen molar-refractivity contribution in [2.24, 2.45) is 0 Å². The molecule has 4 aromatic rings. The number of benzene rings is 3. The van der Waals surface area contributed by atoms with Crippen LogP contribution in [0.3, 0.4) is 0 Å². The Morgan fingerprint density at radius 2 is 1.50 bits per heavy atom. The minimum Gasteiger partial charge on any atom is -0.299 e. The average molecular weight is 502 g/mol. The molecule has 0 atom stereocenters. The van der Waals surface area contributed by atoms with Crippen molar-refractivity contribution in [3.63, 3.8) is 0 Å². The summed E-state index contributed by atoms with van der Waals surface area (Å²) in [5.41, 5.74) is 3.54. The van der Waals surface area contributed by atoms with Crippen molar-refractivity contribution in [1.82, 2.24) is 9.55 Å². The van der Waals surface area contributed by atoms with Crippen LogP contribution in [-0.2, 0) is 9.84 Å². The van der Waals surface area contributed by atoms with Crippen molar-refractivity contribution in [2.75, 3.05) is 5.75 Å². The van der Waals surface area contributed by atoms with Gasteiger partial charge in [-0.05, 0) is 60.7 Å². The molecule has 0 saturated heterocycles. The Balaban J connectivity index is 1.85. The van der Waals surface area contributed by atoms with E-state index >= 15 is 0 Å². The molecule has 1 heterocycles. The molecular formula is C23H18BrClN2O2S. The third-order valence-electron chi connectivity index (χ3n) is 4.80. The first kappa shape index (κ1) is 20.8. The van der Waals surface area contributed by atoms with Gasteiger partial charge in [-0.2, -0.15) is 0 Å². The van der Waals surface area contributed by atoms with Gasteiger partial charge in [0, 0.05) is 32.5 Å². The zero-order chi connectivity index (χ0) is 21.3. The minimum atomic E-state index is -3.25. The molecule has 0 aliphatic heterocycles. The summed E-state index contributed by atoms with van der Waals surface area (Å²) < 4.78 is 27.3. The molecule has 3 aromatic carbocycles. The smallest absolute Gasteiger partial charge is 0.178 e.